The number of ether oxygens (including phenoxy) is 1. The zero-order chi connectivity index (χ0) is 13.1. The number of aryl methyl sites for hydroxylation is 1. The average Bonchev–Trinajstić information content (AvgIpc) is 2.79. The maximum atomic E-state index is 11.9. The molecule has 0 aliphatic carbocycles. The minimum absolute atomic E-state index is 0.310. The van der Waals surface area contributed by atoms with E-state index in [1.54, 1.807) is 49.3 Å². The van der Waals surface area contributed by atoms with Gasteiger partial charge in [-0.25, -0.2) is 0 Å². The number of nitrogen functional groups attached to an aromatic ring is 1. The van der Waals surface area contributed by atoms with Crippen LogP contribution < -0.4 is 15.8 Å². The van der Waals surface area contributed by atoms with Gasteiger partial charge in [-0.05, 0) is 18.2 Å². The van der Waals surface area contributed by atoms with Gasteiger partial charge in [0.05, 0.1) is 18.5 Å². The molecule has 18 heavy (non-hydrogen) atoms. The minimum Gasteiger partial charge on any atom is -0.497 e. The van der Waals surface area contributed by atoms with Gasteiger partial charge in [-0.15, -0.1) is 0 Å². The first-order valence-corrected chi connectivity index (χ1v) is 5.34. The summed E-state index contributed by atoms with van der Waals surface area (Å²) >= 11 is 0. The van der Waals surface area contributed by atoms with E-state index in [0.717, 1.165) is 0 Å². The number of hydrogen-bond donors (Lipinski definition) is 2. The third-order valence-electron chi connectivity index (χ3n) is 2.45. The summed E-state index contributed by atoms with van der Waals surface area (Å²) < 4.78 is 6.63. The third-order valence-corrected chi connectivity index (χ3v) is 2.45. The molecule has 1 heterocycles. The normalized spacial score (nSPS) is 10.1. The van der Waals surface area contributed by atoms with Crippen LogP contribution in [0, 0.1) is 0 Å². The number of nitrogens with zero attached hydrogens (tertiary/aromatic N) is 2. The summed E-state index contributed by atoms with van der Waals surface area (Å²) in [5.41, 5.74) is 7.09. The molecule has 0 radical (unpaired) electrons. The summed E-state index contributed by atoms with van der Waals surface area (Å²) in [6.07, 6.45) is 1.70. The van der Waals surface area contributed by atoms with E-state index in [1.165, 1.54) is 0 Å². The smallest absolute Gasteiger partial charge is 0.276 e. The Bertz CT molecular complexity index is 577. The van der Waals surface area contributed by atoms with E-state index in [4.69, 9.17) is 10.5 Å². The predicted octanol–water partition coefficient (Wildman–Crippen LogP) is 1.26. The highest BCUT2D eigenvalue weighted by molar-refractivity contribution is 6.04. The highest BCUT2D eigenvalue weighted by Crippen LogP contribution is 2.24. The van der Waals surface area contributed by atoms with Gasteiger partial charge in [0.1, 0.15) is 5.75 Å². The number of nitrogens with two attached hydrogens (primary N) is 1. The van der Waals surface area contributed by atoms with Gasteiger partial charge in [-0.2, -0.15) is 5.10 Å². The van der Waals surface area contributed by atoms with Gasteiger partial charge < -0.3 is 15.8 Å². The van der Waals surface area contributed by atoms with Crippen LogP contribution in [0.5, 0.6) is 5.75 Å². The molecule has 0 aliphatic heterocycles. The topological polar surface area (TPSA) is 82.2 Å². The molecule has 0 fully saturated rings. The Labute approximate surface area is 104 Å². The lowest BCUT2D eigenvalue weighted by atomic mass is 10.2. The van der Waals surface area contributed by atoms with Crippen molar-refractivity contribution in [1.29, 1.82) is 0 Å². The van der Waals surface area contributed by atoms with Crippen LogP contribution >= 0.6 is 0 Å². The Morgan fingerprint density at radius 3 is 2.83 bits per heavy atom. The first kappa shape index (κ1) is 12.0. The first-order valence-electron chi connectivity index (χ1n) is 5.34. The number of methoxy groups -OCH3 is 1. The molecule has 0 bridgehead atoms. The number of nitrogens with one attached hydrogen (secondary N) is 1. The lowest BCUT2D eigenvalue weighted by Crippen LogP contribution is -2.14. The summed E-state index contributed by atoms with van der Waals surface area (Å²) in [7, 11) is 3.30. The zero-order valence-corrected chi connectivity index (χ0v) is 10.2. The van der Waals surface area contributed by atoms with Crippen molar-refractivity contribution in [3.63, 3.8) is 0 Å². The Kier molecular flexibility index (Phi) is 3.18. The second kappa shape index (κ2) is 4.79. The Morgan fingerprint density at radius 1 is 1.44 bits per heavy atom. The maximum absolute atomic E-state index is 11.9. The highest BCUT2D eigenvalue weighted by Gasteiger charge is 2.11. The standard InChI is InChI=1S/C12H14N4O2/c1-16-6-5-10(15-16)12(17)14-11-7-8(18-2)3-4-9(11)13/h3-7H,13H2,1-2H3,(H,14,17). The summed E-state index contributed by atoms with van der Waals surface area (Å²) in [6.45, 7) is 0. The van der Waals surface area contributed by atoms with Gasteiger partial charge in [0.15, 0.2) is 5.69 Å². The molecule has 6 heteroatoms. The molecule has 0 unspecified atom stereocenters. The molecule has 0 atom stereocenters. The highest BCUT2D eigenvalue weighted by atomic mass is 16.5. The SMILES string of the molecule is COc1ccc(N)c(NC(=O)c2ccn(C)n2)c1. The predicted molar refractivity (Wildman–Crippen MR) is 68.6 cm³/mol. The van der Waals surface area contributed by atoms with Gasteiger partial charge in [0, 0.05) is 19.3 Å². The molecule has 94 valence electrons. The van der Waals surface area contributed by atoms with Crippen LogP contribution in [0.15, 0.2) is 30.5 Å². The van der Waals surface area contributed by atoms with Crippen LogP contribution in [0.25, 0.3) is 0 Å². The van der Waals surface area contributed by atoms with Gasteiger partial charge in [0.2, 0.25) is 0 Å². The number of rotatable bonds is 3. The summed E-state index contributed by atoms with van der Waals surface area (Å²) in [4.78, 5) is 11.9. The van der Waals surface area contributed by atoms with Gasteiger partial charge >= 0.3 is 0 Å². The van der Waals surface area contributed by atoms with Gasteiger partial charge in [0.25, 0.3) is 5.91 Å². The van der Waals surface area contributed by atoms with Crippen molar-refractivity contribution in [1.82, 2.24) is 9.78 Å². The van der Waals surface area contributed by atoms with Crippen molar-refractivity contribution in [2.75, 3.05) is 18.2 Å². The minimum atomic E-state index is -0.310. The molecule has 1 amide bonds. The molecular formula is C12H14N4O2. The summed E-state index contributed by atoms with van der Waals surface area (Å²) in [6, 6.07) is 6.69. The molecular weight excluding hydrogens is 232 g/mol. The van der Waals surface area contributed by atoms with Crippen LogP contribution in [0.3, 0.4) is 0 Å². The van der Waals surface area contributed by atoms with Gasteiger partial charge in [-0.1, -0.05) is 0 Å². The van der Waals surface area contributed by atoms with Crippen molar-refractivity contribution < 1.29 is 9.53 Å². The molecule has 0 aliphatic rings. The van der Waals surface area contributed by atoms with Crippen molar-refractivity contribution >= 4 is 17.3 Å². The Balaban J connectivity index is 2.21. The monoisotopic (exact) mass is 246 g/mol. The molecule has 1 aromatic heterocycles. The van der Waals surface area contributed by atoms with Crippen molar-refractivity contribution in [2.24, 2.45) is 7.05 Å². The quantitative estimate of drug-likeness (QED) is 0.799. The van der Waals surface area contributed by atoms with Crippen LogP contribution in [0.2, 0.25) is 0 Å². The number of benzene rings is 1. The second-order valence-corrected chi connectivity index (χ2v) is 3.78. The van der Waals surface area contributed by atoms with Crippen molar-refractivity contribution in [2.45, 2.75) is 0 Å². The first-order chi connectivity index (χ1) is 8.60. The number of aromatic nitrogens is 2. The van der Waals surface area contributed by atoms with E-state index in [1.807, 2.05) is 0 Å². The van der Waals surface area contributed by atoms with Crippen LogP contribution in [-0.4, -0.2) is 22.8 Å². The second-order valence-electron chi connectivity index (χ2n) is 3.78. The van der Waals surface area contributed by atoms with E-state index in [0.29, 0.717) is 22.8 Å². The lowest BCUT2D eigenvalue weighted by Gasteiger charge is -2.08. The molecule has 3 N–H and O–H groups in total. The van der Waals surface area contributed by atoms with E-state index in [-0.39, 0.29) is 5.91 Å². The Hall–Kier alpha value is -2.50. The van der Waals surface area contributed by atoms with Crippen molar-refractivity contribution in [3.8, 4) is 5.75 Å². The van der Waals surface area contributed by atoms with Crippen LogP contribution in [0.1, 0.15) is 10.5 Å². The number of anilines is 2. The number of amides is 1. The molecule has 0 saturated heterocycles. The van der Waals surface area contributed by atoms with E-state index in [9.17, 15) is 4.79 Å². The summed E-state index contributed by atoms with van der Waals surface area (Å²) in [5.74, 6) is 0.316. The average molecular weight is 246 g/mol. The fourth-order valence-electron chi connectivity index (χ4n) is 1.49. The largest absolute Gasteiger partial charge is 0.497 e. The van der Waals surface area contributed by atoms with Crippen molar-refractivity contribution in [3.05, 3.63) is 36.2 Å². The van der Waals surface area contributed by atoms with Crippen LogP contribution in [0.4, 0.5) is 11.4 Å². The number of hydrogen-bond acceptors (Lipinski definition) is 4. The fourth-order valence-corrected chi connectivity index (χ4v) is 1.49. The van der Waals surface area contributed by atoms with E-state index < -0.39 is 0 Å². The van der Waals surface area contributed by atoms with Gasteiger partial charge in [-0.3, -0.25) is 9.48 Å². The molecule has 1 aromatic carbocycles. The Morgan fingerprint density at radius 2 is 2.22 bits per heavy atom. The molecule has 0 spiro atoms. The maximum Gasteiger partial charge on any atom is 0.276 e. The molecule has 6 nitrogen and oxygen atoms in total. The van der Waals surface area contributed by atoms with E-state index in [2.05, 4.69) is 10.4 Å². The lowest BCUT2D eigenvalue weighted by molar-refractivity contribution is 0.102. The van der Waals surface area contributed by atoms with Crippen LogP contribution in [-0.2, 0) is 7.05 Å². The molecule has 0 saturated carbocycles. The summed E-state index contributed by atoms with van der Waals surface area (Å²) in [5, 5.41) is 6.71. The van der Waals surface area contributed by atoms with E-state index >= 15 is 0 Å². The zero-order valence-electron chi connectivity index (χ0n) is 10.2. The number of carbonyl (C=O) groups is 1. The number of carbonyl (C=O) groups excluding carboxylic acids is 1. The third kappa shape index (κ3) is 2.42. The molecule has 2 rings (SSSR count). The fraction of sp³-hybridized carbons (Fsp3) is 0.167. The molecule has 2 aromatic rings.